The Morgan fingerprint density at radius 2 is 0.500 bits per heavy atom. The zero-order valence-corrected chi connectivity index (χ0v) is 5.10. The van der Waals surface area contributed by atoms with Crippen LogP contribution in [0.4, 0.5) is 0 Å². The zero-order valence-electron chi connectivity index (χ0n) is 1.39. The molecule has 0 aromatic heterocycles. The first-order chi connectivity index (χ1) is 0. The molecule has 4 heavy (non-hydrogen) atoms. The van der Waals surface area contributed by atoms with Crippen molar-refractivity contribution in [3.63, 3.8) is 0 Å². The Morgan fingerprint density at radius 1 is 0.500 bits per heavy atom. The van der Waals surface area contributed by atoms with Crippen molar-refractivity contribution in [2.24, 2.45) is 0 Å². The van der Waals surface area contributed by atoms with E-state index in [1.165, 1.54) is 0 Å². The third-order valence-electron chi connectivity index (χ3n) is 0. The van der Waals surface area contributed by atoms with Gasteiger partial charge < -0.3 is 11.0 Å². The quantitative estimate of drug-likeness (QED) is 0.568. The van der Waals surface area contributed by atoms with E-state index >= 15 is 0 Å². The third kappa shape index (κ3) is 8.83. The summed E-state index contributed by atoms with van der Waals surface area (Å²) in [5.74, 6) is 0. The fourth-order valence-electron chi connectivity index (χ4n) is 0. The van der Waals surface area contributed by atoms with Crippen molar-refractivity contribution in [1.82, 2.24) is 0 Å². The monoisotopic (exact) mass is 364 g/mol. The van der Waals surface area contributed by atoms with Gasteiger partial charge in [0, 0.05) is 0 Å². The Kier molecular flexibility index (Phi) is 146. The maximum Gasteiger partial charge on any atom is 3.00 e. The molecule has 0 aliphatic rings. The molecule has 0 heterocycles. The fraction of sp³-hybridized carbons (Fsp3) is 0. The Morgan fingerprint density at radius 3 is 0.500 bits per heavy atom. The molecule has 0 bridgehead atoms. The molecule has 0 aliphatic heterocycles. The zero-order chi connectivity index (χ0) is 0. The molecule has 0 atom stereocenters. The van der Waals surface area contributed by atoms with E-state index in [0.717, 1.165) is 0 Å². The van der Waals surface area contributed by atoms with Gasteiger partial charge in [0.15, 0.2) is 0 Å². The smallest absolute Gasteiger partial charge is 2.00 e. The second kappa shape index (κ2) is 18.1. The molecule has 2 radical (unpaired) electrons. The van der Waals surface area contributed by atoms with Crippen LogP contribution in [0.5, 0.6) is 0 Å². The molecule has 34 valence electrons. The van der Waals surface area contributed by atoms with E-state index in [-0.39, 0.29) is 85.6 Å². The van der Waals surface area contributed by atoms with Crippen LogP contribution in [0.2, 0.25) is 0 Å². The van der Waals surface area contributed by atoms with E-state index < -0.39 is 0 Å². The van der Waals surface area contributed by atoms with Crippen molar-refractivity contribution in [1.29, 1.82) is 0 Å². The van der Waals surface area contributed by atoms with E-state index in [2.05, 4.69) is 0 Å². The van der Waals surface area contributed by atoms with Crippen molar-refractivity contribution in [3.05, 3.63) is 0 Å². The minimum atomic E-state index is 0. The van der Waals surface area contributed by atoms with E-state index in [9.17, 15) is 0 Å². The number of hydrogen-bond donors (Lipinski definition) is 0. The van der Waals surface area contributed by atoms with Crippen LogP contribution in [0.15, 0.2) is 0 Å². The van der Waals surface area contributed by atoms with Crippen molar-refractivity contribution in [3.8, 4) is 0 Å². The predicted octanol–water partition coefficient (Wildman–Crippen LogP) is -0.238. The Balaban J connectivity index is 0. The number of rotatable bonds is 0. The molecule has 0 aromatic carbocycles. The van der Waals surface area contributed by atoms with E-state index in [1.54, 1.807) is 0 Å². The van der Waals surface area contributed by atoms with Crippen LogP contribution in [0.3, 0.4) is 0 Å². The molecule has 0 amide bonds. The SMILES string of the molecule is [Er+3].[Er+3].[O-2].[O-2]. The van der Waals surface area contributed by atoms with Crippen molar-refractivity contribution in [2.45, 2.75) is 0 Å². The van der Waals surface area contributed by atoms with E-state index in [0.29, 0.717) is 0 Å². The van der Waals surface area contributed by atoms with Crippen molar-refractivity contribution < 1.29 is 85.6 Å². The van der Waals surface area contributed by atoms with Crippen LogP contribution in [-0.4, -0.2) is 0 Å². The molecule has 0 unspecified atom stereocenters. The molecule has 0 N–H and O–H groups in total. The molecule has 0 saturated heterocycles. The van der Waals surface area contributed by atoms with Gasteiger partial charge in [-0.1, -0.05) is 0 Å². The summed E-state index contributed by atoms with van der Waals surface area (Å²) < 4.78 is 0. The first-order valence-electron chi connectivity index (χ1n) is 0. The van der Waals surface area contributed by atoms with Gasteiger partial charge in [0.25, 0.3) is 0 Å². The molecule has 0 fully saturated rings. The van der Waals surface area contributed by atoms with Crippen LogP contribution >= 0.6 is 0 Å². The summed E-state index contributed by atoms with van der Waals surface area (Å²) in [4.78, 5) is 0. The maximum absolute atomic E-state index is 0. The van der Waals surface area contributed by atoms with Crippen molar-refractivity contribution >= 4 is 0 Å². The first-order valence-corrected chi connectivity index (χ1v) is 0. The summed E-state index contributed by atoms with van der Waals surface area (Å²) >= 11 is 0. The molecule has 0 saturated carbocycles. The van der Waals surface area contributed by atoms with Gasteiger partial charge in [-0.2, -0.15) is 0 Å². The minimum Gasteiger partial charge on any atom is -2.00 e. The molecule has 4 heteroatoms. The normalized spacial score (nSPS) is 0. The van der Waals surface area contributed by atoms with Crippen LogP contribution in [0, 0.1) is 74.6 Å². The average Bonchev–Trinajstić information content (AvgIpc) is 0. The van der Waals surface area contributed by atoms with Gasteiger partial charge in [0.2, 0.25) is 0 Å². The van der Waals surface area contributed by atoms with Crippen molar-refractivity contribution in [2.75, 3.05) is 0 Å². The van der Waals surface area contributed by atoms with Gasteiger partial charge in [0.05, 0.1) is 0 Å². The molecule has 2 nitrogen and oxygen atoms in total. The summed E-state index contributed by atoms with van der Waals surface area (Å²) in [5, 5.41) is 0. The molecular formula is Er2O2+2. The summed E-state index contributed by atoms with van der Waals surface area (Å²) in [6.07, 6.45) is 0. The molecule has 0 rings (SSSR count). The molecular weight excluding hydrogens is 367 g/mol. The summed E-state index contributed by atoms with van der Waals surface area (Å²) in [5.41, 5.74) is 0. The predicted molar refractivity (Wildman–Crippen MR) is 1.37 cm³/mol. The molecule has 0 aliphatic carbocycles. The average molecular weight is 367 g/mol. The van der Waals surface area contributed by atoms with Crippen LogP contribution in [0.25, 0.3) is 0 Å². The largest absolute Gasteiger partial charge is 3.00 e. The van der Waals surface area contributed by atoms with E-state index in [4.69, 9.17) is 0 Å². The Bertz CT molecular complexity index is 4.00. The van der Waals surface area contributed by atoms with Crippen LogP contribution < -0.4 is 0 Å². The maximum atomic E-state index is 0. The van der Waals surface area contributed by atoms with Crippen LogP contribution in [-0.2, 0) is 11.0 Å². The van der Waals surface area contributed by atoms with Gasteiger partial charge in [0.1, 0.15) is 0 Å². The van der Waals surface area contributed by atoms with Gasteiger partial charge >= 0.3 is 74.6 Å². The standard InChI is InChI=1S/2Er.2O/q2*+3;2*-2. The molecule has 0 aromatic rings. The second-order valence-corrected chi connectivity index (χ2v) is 0. The Labute approximate surface area is 83.7 Å². The first kappa shape index (κ1) is 32.3. The topological polar surface area (TPSA) is 57.0 Å². The summed E-state index contributed by atoms with van der Waals surface area (Å²) in [6.45, 7) is 0. The van der Waals surface area contributed by atoms with Gasteiger partial charge in [-0.05, 0) is 0 Å². The second-order valence-electron chi connectivity index (χ2n) is 0. The number of hydrogen-bond acceptors (Lipinski definition) is 0. The van der Waals surface area contributed by atoms with Crippen LogP contribution in [0.1, 0.15) is 0 Å². The molecule has 0 spiro atoms. The third-order valence-corrected chi connectivity index (χ3v) is 0. The van der Waals surface area contributed by atoms with E-state index in [1.807, 2.05) is 0 Å². The van der Waals surface area contributed by atoms with Gasteiger partial charge in [-0.15, -0.1) is 0 Å². The fourth-order valence-corrected chi connectivity index (χ4v) is 0. The van der Waals surface area contributed by atoms with Gasteiger partial charge in [-0.3, -0.25) is 0 Å². The Hall–Kier alpha value is 2.41. The summed E-state index contributed by atoms with van der Waals surface area (Å²) in [7, 11) is 0. The van der Waals surface area contributed by atoms with Gasteiger partial charge in [-0.25, -0.2) is 0 Å². The minimum absolute atomic E-state index is 0. The summed E-state index contributed by atoms with van der Waals surface area (Å²) in [6, 6.07) is 0.